The zero-order valence-corrected chi connectivity index (χ0v) is 11.0. The first-order valence-corrected chi connectivity index (χ1v) is 7.32. The first kappa shape index (κ1) is 12.4. The van der Waals surface area contributed by atoms with Crippen LogP contribution in [-0.4, -0.2) is 36.6 Å². The van der Waals surface area contributed by atoms with Gasteiger partial charge in [0.05, 0.1) is 0 Å². The molecule has 0 aromatic heterocycles. The summed E-state index contributed by atoms with van der Waals surface area (Å²) in [6.45, 7) is 8.37. The van der Waals surface area contributed by atoms with Gasteiger partial charge in [-0.2, -0.15) is 0 Å². The summed E-state index contributed by atoms with van der Waals surface area (Å²) in [5.41, 5.74) is 0. The zero-order valence-electron chi connectivity index (χ0n) is 11.0. The van der Waals surface area contributed by atoms with E-state index in [2.05, 4.69) is 24.1 Å². The number of nitrogens with zero attached hydrogens (tertiary/aromatic N) is 1. The molecule has 0 aliphatic heterocycles. The maximum Gasteiger partial charge on any atom is 0.0249 e. The first-order chi connectivity index (χ1) is 7.85. The van der Waals surface area contributed by atoms with Gasteiger partial charge in [-0.05, 0) is 51.1 Å². The Balaban J connectivity index is 1.88. The molecule has 0 heterocycles. The number of nitrogens with one attached hydrogen (secondary N) is 1. The van der Waals surface area contributed by atoms with Crippen LogP contribution in [0.15, 0.2) is 0 Å². The summed E-state index contributed by atoms with van der Waals surface area (Å²) in [7, 11) is 0. The van der Waals surface area contributed by atoms with Gasteiger partial charge in [0.1, 0.15) is 0 Å². The molecule has 0 aromatic carbocycles. The van der Waals surface area contributed by atoms with Gasteiger partial charge >= 0.3 is 0 Å². The highest BCUT2D eigenvalue weighted by atomic mass is 15.2. The van der Waals surface area contributed by atoms with E-state index < -0.39 is 0 Å². The van der Waals surface area contributed by atoms with Gasteiger partial charge in [0, 0.05) is 18.6 Å². The van der Waals surface area contributed by atoms with E-state index >= 15 is 0 Å². The molecule has 0 bridgehead atoms. The van der Waals surface area contributed by atoms with E-state index in [0.717, 1.165) is 24.5 Å². The van der Waals surface area contributed by atoms with E-state index in [0.29, 0.717) is 0 Å². The quantitative estimate of drug-likeness (QED) is 0.715. The fraction of sp³-hybridized carbons (Fsp3) is 1.00. The molecule has 0 spiro atoms. The second-order valence-corrected chi connectivity index (χ2v) is 5.60. The molecular weight excluding hydrogens is 196 g/mol. The zero-order chi connectivity index (χ0) is 11.4. The largest absolute Gasteiger partial charge is 0.313 e. The summed E-state index contributed by atoms with van der Waals surface area (Å²) in [6, 6.07) is 1.61. The SMILES string of the molecule is CCCN(CC1CC1)C1CCCC1NCC. The maximum atomic E-state index is 3.69. The van der Waals surface area contributed by atoms with E-state index in [1.807, 2.05) is 0 Å². The minimum atomic E-state index is 0.773. The number of likely N-dealkylation sites (N-methyl/N-ethyl adjacent to an activating group) is 1. The van der Waals surface area contributed by atoms with Crippen LogP contribution >= 0.6 is 0 Å². The fourth-order valence-electron chi connectivity index (χ4n) is 3.19. The van der Waals surface area contributed by atoms with Gasteiger partial charge in [0.2, 0.25) is 0 Å². The van der Waals surface area contributed by atoms with Gasteiger partial charge in [0.25, 0.3) is 0 Å². The highest BCUT2D eigenvalue weighted by Gasteiger charge is 2.34. The van der Waals surface area contributed by atoms with Crippen LogP contribution in [0.1, 0.15) is 52.4 Å². The Bertz CT molecular complexity index is 201. The lowest BCUT2D eigenvalue weighted by molar-refractivity contribution is 0.166. The molecule has 2 nitrogen and oxygen atoms in total. The van der Waals surface area contributed by atoms with E-state index in [9.17, 15) is 0 Å². The minimum Gasteiger partial charge on any atom is -0.313 e. The van der Waals surface area contributed by atoms with Crippen molar-refractivity contribution in [2.75, 3.05) is 19.6 Å². The second-order valence-electron chi connectivity index (χ2n) is 5.60. The summed E-state index contributed by atoms with van der Waals surface area (Å²) in [4.78, 5) is 2.79. The van der Waals surface area contributed by atoms with Gasteiger partial charge in [-0.25, -0.2) is 0 Å². The van der Waals surface area contributed by atoms with Crippen molar-refractivity contribution in [1.82, 2.24) is 10.2 Å². The van der Waals surface area contributed by atoms with E-state index in [4.69, 9.17) is 0 Å². The van der Waals surface area contributed by atoms with Crippen LogP contribution in [0.2, 0.25) is 0 Å². The summed E-state index contributed by atoms with van der Waals surface area (Å²) in [5.74, 6) is 1.04. The number of rotatable bonds is 7. The van der Waals surface area contributed by atoms with Crippen LogP contribution in [0.5, 0.6) is 0 Å². The summed E-state index contributed by atoms with van der Waals surface area (Å²) >= 11 is 0. The van der Waals surface area contributed by atoms with Crippen LogP contribution in [0.25, 0.3) is 0 Å². The van der Waals surface area contributed by atoms with E-state index in [-0.39, 0.29) is 0 Å². The lowest BCUT2D eigenvalue weighted by atomic mass is 10.1. The Kier molecular flexibility index (Phi) is 4.66. The van der Waals surface area contributed by atoms with Crippen LogP contribution in [0.4, 0.5) is 0 Å². The normalized spacial score (nSPS) is 30.2. The molecule has 2 fully saturated rings. The Hall–Kier alpha value is -0.0800. The molecule has 2 atom stereocenters. The highest BCUT2D eigenvalue weighted by molar-refractivity contribution is 4.92. The average Bonchev–Trinajstić information content (AvgIpc) is 2.97. The van der Waals surface area contributed by atoms with Gasteiger partial charge in [-0.3, -0.25) is 4.90 Å². The predicted molar refractivity (Wildman–Crippen MR) is 69.7 cm³/mol. The third-order valence-electron chi connectivity index (χ3n) is 4.12. The predicted octanol–water partition coefficient (Wildman–Crippen LogP) is 2.64. The molecule has 2 rings (SSSR count). The molecule has 0 saturated heterocycles. The molecule has 0 radical (unpaired) electrons. The third-order valence-corrected chi connectivity index (χ3v) is 4.12. The molecule has 2 aliphatic carbocycles. The molecular formula is C14H28N2. The molecule has 1 N–H and O–H groups in total. The highest BCUT2D eigenvalue weighted by Crippen LogP contribution is 2.33. The molecule has 2 unspecified atom stereocenters. The van der Waals surface area contributed by atoms with Gasteiger partial charge < -0.3 is 5.32 Å². The second kappa shape index (κ2) is 6.02. The Morgan fingerprint density at radius 2 is 1.94 bits per heavy atom. The van der Waals surface area contributed by atoms with E-state index in [1.54, 1.807) is 0 Å². The monoisotopic (exact) mass is 224 g/mol. The minimum absolute atomic E-state index is 0.773. The molecule has 0 amide bonds. The van der Waals surface area contributed by atoms with Gasteiger partial charge in [-0.15, -0.1) is 0 Å². The standard InChI is InChI=1S/C14H28N2/c1-3-10-16(11-12-8-9-12)14-7-5-6-13(14)15-4-2/h12-15H,3-11H2,1-2H3. The van der Waals surface area contributed by atoms with Crippen LogP contribution in [-0.2, 0) is 0 Å². The average molecular weight is 224 g/mol. The molecule has 94 valence electrons. The van der Waals surface area contributed by atoms with Crippen LogP contribution < -0.4 is 5.32 Å². The van der Waals surface area contributed by atoms with Crippen LogP contribution in [0.3, 0.4) is 0 Å². The fourth-order valence-corrected chi connectivity index (χ4v) is 3.19. The van der Waals surface area contributed by atoms with Crippen molar-refractivity contribution in [1.29, 1.82) is 0 Å². The van der Waals surface area contributed by atoms with E-state index in [1.165, 1.54) is 51.6 Å². The smallest absolute Gasteiger partial charge is 0.0249 e. The van der Waals surface area contributed by atoms with Gasteiger partial charge in [0.15, 0.2) is 0 Å². The molecule has 2 saturated carbocycles. The lowest BCUT2D eigenvalue weighted by Crippen LogP contribution is -2.47. The van der Waals surface area contributed by atoms with Crippen molar-refractivity contribution in [3.05, 3.63) is 0 Å². The molecule has 0 aromatic rings. The number of hydrogen-bond acceptors (Lipinski definition) is 2. The van der Waals surface area contributed by atoms with Crippen molar-refractivity contribution in [2.45, 2.75) is 64.5 Å². The first-order valence-electron chi connectivity index (χ1n) is 7.32. The molecule has 2 aliphatic rings. The molecule has 2 heteroatoms. The van der Waals surface area contributed by atoms with Crippen molar-refractivity contribution < 1.29 is 0 Å². The number of hydrogen-bond donors (Lipinski definition) is 1. The Morgan fingerprint density at radius 3 is 2.56 bits per heavy atom. The van der Waals surface area contributed by atoms with Crippen molar-refractivity contribution >= 4 is 0 Å². The summed E-state index contributed by atoms with van der Waals surface area (Å²) in [6.07, 6.45) is 8.51. The third kappa shape index (κ3) is 3.21. The van der Waals surface area contributed by atoms with Crippen molar-refractivity contribution in [3.8, 4) is 0 Å². The summed E-state index contributed by atoms with van der Waals surface area (Å²) in [5, 5.41) is 3.69. The maximum absolute atomic E-state index is 3.69. The van der Waals surface area contributed by atoms with Crippen molar-refractivity contribution in [3.63, 3.8) is 0 Å². The topological polar surface area (TPSA) is 15.3 Å². The van der Waals surface area contributed by atoms with Crippen LogP contribution in [0, 0.1) is 5.92 Å². The lowest BCUT2D eigenvalue weighted by Gasteiger charge is -2.33. The Morgan fingerprint density at radius 1 is 1.12 bits per heavy atom. The van der Waals surface area contributed by atoms with Gasteiger partial charge in [-0.1, -0.05) is 20.3 Å². The molecule has 16 heavy (non-hydrogen) atoms. The Labute approximate surface area is 101 Å². The van der Waals surface area contributed by atoms with Crippen molar-refractivity contribution in [2.24, 2.45) is 5.92 Å². The summed E-state index contributed by atoms with van der Waals surface area (Å²) < 4.78 is 0.